The van der Waals surface area contributed by atoms with Crippen molar-refractivity contribution in [1.29, 1.82) is 0 Å². The summed E-state index contributed by atoms with van der Waals surface area (Å²) in [4.78, 5) is 2.18. The number of aliphatic hydroxyl groups excluding tert-OH is 1. The molecule has 2 unspecified atom stereocenters. The van der Waals surface area contributed by atoms with Crippen molar-refractivity contribution in [1.82, 2.24) is 4.90 Å². The smallest absolute Gasteiger partial charge is 0.124 e. The predicted octanol–water partition coefficient (Wildman–Crippen LogP) is 3.82. The Kier molecular flexibility index (Phi) is 3.47. The Morgan fingerprint density at radius 3 is 3.05 bits per heavy atom. The summed E-state index contributed by atoms with van der Waals surface area (Å²) in [6, 6.07) is 0. The van der Waals surface area contributed by atoms with Crippen LogP contribution >= 0.6 is 0 Å². The lowest BCUT2D eigenvalue weighted by Gasteiger charge is -2.37. The van der Waals surface area contributed by atoms with E-state index in [4.69, 9.17) is 4.74 Å². The molecule has 1 aliphatic carbocycles. The van der Waals surface area contributed by atoms with Crippen molar-refractivity contribution in [2.75, 3.05) is 6.61 Å². The minimum Gasteiger partial charge on any atom is -0.509 e. The van der Waals surface area contributed by atoms with E-state index in [1.807, 2.05) is 38.2 Å². The maximum Gasteiger partial charge on any atom is 0.124 e. The van der Waals surface area contributed by atoms with Crippen molar-refractivity contribution in [2.24, 2.45) is 0 Å². The van der Waals surface area contributed by atoms with E-state index < -0.39 is 5.54 Å². The van der Waals surface area contributed by atoms with Crippen molar-refractivity contribution >= 4 is 0 Å². The Morgan fingerprint density at radius 1 is 1.40 bits per heavy atom. The molecule has 0 aromatic carbocycles. The van der Waals surface area contributed by atoms with Crippen LogP contribution in [0.4, 0.5) is 0 Å². The van der Waals surface area contributed by atoms with E-state index in [1.165, 1.54) is 18.4 Å². The summed E-state index contributed by atoms with van der Waals surface area (Å²) in [6.45, 7) is 4.83. The van der Waals surface area contributed by atoms with Crippen LogP contribution in [0.1, 0.15) is 39.5 Å². The zero-order chi connectivity index (χ0) is 14.2. The first-order valence-corrected chi connectivity index (χ1v) is 7.58. The normalized spacial score (nSPS) is 36.2. The Bertz CT molecular complexity index is 513. The van der Waals surface area contributed by atoms with E-state index in [0.717, 1.165) is 25.1 Å². The molecule has 3 nitrogen and oxygen atoms in total. The van der Waals surface area contributed by atoms with E-state index in [0.29, 0.717) is 5.76 Å². The monoisotopic (exact) mass is 273 g/mol. The zero-order valence-electron chi connectivity index (χ0n) is 12.3. The van der Waals surface area contributed by atoms with Crippen LogP contribution in [0.3, 0.4) is 0 Å². The number of ether oxygens (including phenoxy) is 1. The van der Waals surface area contributed by atoms with Gasteiger partial charge in [-0.25, -0.2) is 0 Å². The van der Waals surface area contributed by atoms with Crippen LogP contribution in [0.5, 0.6) is 0 Å². The minimum atomic E-state index is -0.425. The third kappa shape index (κ3) is 2.01. The highest BCUT2D eigenvalue weighted by molar-refractivity contribution is 5.47. The van der Waals surface area contributed by atoms with Gasteiger partial charge in [-0.2, -0.15) is 0 Å². The van der Waals surface area contributed by atoms with Crippen LogP contribution in [0.15, 0.2) is 47.5 Å². The van der Waals surface area contributed by atoms with Crippen molar-refractivity contribution in [3.63, 3.8) is 0 Å². The van der Waals surface area contributed by atoms with Gasteiger partial charge in [0.05, 0.1) is 6.10 Å². The molecule has 0 aromatic rings. The third-order valence-electron chi connectivity index (χ3n) is 4.57. The molecule has 3 heteroatoms. The Morgan fingerprint density at radius 2 is 2.25 bits per heavy atom. The van der Waals surface area contributed by atoms with Gasteiger partial charge in [-0.05, 0) is 44.8 Å². The molecule has 0 bridgehead atoms. The van der Waals surface area contributed by atoms with Gasteiger partial charge in [0, 0.05) is 24.6 Å². The molecule has 0 radical (unpaired) electrons. The Labute approximate surface area is 120 Å². The molecule has 3 rings (SSSR count). The molecule has 1 fully saturated rings. The highest BCUT2D eigenvalue weighted by Crippen LogP contribution is 2.42. The molecule has 2 atom stereocenters. The average molecular weight is 273 g/mol. The van der Waals surface area contributed by atoms with E-state index in [1.54, 1.807) is 0 Å². The standard InChI is InChI=1S/C17H23NO2/c1-3-20-15-9-5-4-8-13(15)14-12-16(19)17(2)10-6-7-11-18(14)17/h6-7,10-12,15,19H,3-5,8-9H2,1-2H3/b14-13-. The molecule has 0 spiro atoms. The quantitative estimate of drug-likeness (QED) is 0.830. The second-order valence-electron chi connectivity index (χ2n) is 5.85. The van der Waals surface area contributed by atoms with E-state index in [2.05, 4.69) is 11.1 Å². The van der Waals surface area contributed by atoms with Crippen LogP contribution < -0.4 is 0 Å². The van der Waals surface area contributed by atoms with Crippen molar-refractivity contribution in [3.05, 3.63) is 47.5 Å². The van der Waals surface area contributed by atoms with E-state index >= 15 is 0 Å². The van der Waals surface area contributed by atoms with E-state index in [-0.39, 0.29) is 6.10 Å². The van der Waals surface area contributed by atoms with Gasteiger partial charge in [0.1, 0.15) is 11.3 Å². The molecule has 0 amide bonds. The fourth-order valence-corrected chi connectivity index (χ4v) is 3.40. The van der Waals surface area contributed by atoms with Crippen LogP contribution in [0.2, 0.25) is 0 Å². The summed E-state index contributed by atoms with van der Waals surface area (Å²) in [7, 11) is 0. The molecule has 2 aliphatic heterocycles. The maximum atomic E-state index is 10.4. The van der Waals surface area contributed by atoms with Crippen molar-refractivity contribution in [3.8, 4) is 0 Å². The van der Waals surface area contributed by atoms with Crippen LogP contribution in [-0.4, -0.2) is 28.3 Å². The molecule has 108 valence electrons. The lowest BCUT2D eigenvalue weighted by atomic mass is 9.90. The lowest BCUT2D eigenvalue weighted by Crippen LogP contribution is -2.40. The number of allylic oxidation sites excluding steroid dienone is 3. The molecule has 2 heterocycles. The topological polar surface area (TPSA) is 32.7 Å². The Balaban J connectivity index is 2.02. The van der Waals surface area contributed by atoms with Gasteiger partial charge in [-0.15, -0.1) is 0 Å². The Hall–Kier alpha value is -1.48. The van der Waals surface area contributed by atoms with Gasteiger partial charge in [-0.1, -0.05) is 18.6 Å². The van der Waals surface area contributed by atoms with Crippen LogP contribution in [0.25, 0.3) is 0 Å². The summed E-state index contributed by atoms with van der Waals surface area (Å²) in [5, 5.41) is 10.4. The molecule has 0 aromatic heterocycles. The zero-order valence-corrected chi connectivity index (χ0v) is 12.3. The van der Waals surface area contributed by atoms with Gasteiger partial charge < -0.3 is 14.7 Å². The summed E-state index contributed by atoms with van der Waals surface area (Å²) in [5.74, 6) is 0.418. The van der Waals surface area contributed by atoms with Gasteiger partial charge in [0.25, 0.3) is 0 Å². The highest BCUT2D eigenvalue weighted by atomic mass is 16.5. The summed E-state index contributed by atoms with van der Waals surface area (Å²) in [6.07, 6.45) is 14.8. The lowest BCUT2D eigenvalue weighted by molar-refractivity contribution is 0.0678. The number of nitrogens with zero attached hydrogens (tertiary/aromatic N) is 1. The van der Waals surface area contributed by atoms with Crippen LogP contribution in [-0.2, 0) is 4.74 Å². The SMILES string of the molecule is CCOC1CCCC/C1=C1\C=C(O)C2(C)C=CC=CN12. The fraction of sp³-hybridized carbons (Fsp3) is 0.529. The number of aliphatic hydroxyl groups is 1. The second kappa shape index (κ2) is 5.13. The molecule has 0 saturated heterocycles. The van der Waals surface area contributed by atoms with Gasteiger partial charge in [0.15, 0.2) is 0 Å². The number of hydrogen-bond acceptors (Lipinski definition) is 3. The van der Waals surface area contributed by atoms with Crippen molar-refractivity contribution in [2.45, 2.75) is 51.2 Å². The predicted molar refractivity (Wildman–Crippen MR) is 80.1 cm³/mol. The largest absolute Gasteiger partial charge is 0.509 e. The fourth-order valence-electron chi connectivity index (χ4n) is 3.40. The van der Waals surface area contributed by atoms with Gasteiger partial charge >= 0.3 is 0 Å². The average Bonchev–Trinajstić information content (AvgIpc) is 2.72. The summed E-state index contributed by atoms with van der Waals surface area (Å²) in [5.41, 5.74) is 2.04. The molecule has 20 heavy (non-hydrogen) atoms. The van der Waals surface area contributed by atoms with Gasteiger partial charge in [-0.3, -0.25) is 0 Å². The number of rotatable bonds is 2. The molecule has 3 aliphatic rings. The van der Waals surface area contributed by atoms with Gasteiger partial charge in [0.2, 0.25) is 0 Å². The third-order valence-corrected chi connectivity index (χ3v) is 4.57. The summed E-state index contributed by atoms with van der Waals surface area (Å²) < 4.78 is 5.92. The van der Waals surface area contributed by atoms with E-state index in [9.17, 15) is 5.11 Å². The molecule has 1 saturated carbocycles. The second-order valence-corrected chi connectivity index (χ2v) is 5.85. The molecular formula is C17H23NO2. The van der Waals surface area contributed by atoms with Crippen LogP contribution in [0, 0.1) is 0 Å². The first-order chi connectivity index (χ1) is 9.66. The highest BCUT2D eigenvalue weighted by Gasteiger charge is 2.41. The molecular weight excluding hydrogens is 250 g/mol. The minimum absolute atomic E-state index is 0.203. The number of fused-ring (bicyclic) bond motifs is 1. The maximum absolute atomic E-state index is 10.4. The molecule has 1 N–H and O–H groups in total. The summed E-state index contributed by atoms with van der Waals surface area (Å²) >= 11 is 0. The van der Waals surface area contributed by atoms with Crippen molar-refractivity contribution < 1.29 is 9.84 Å². The number of hydrogen-bond donors (Lipinski definition) is 1. The first kappa shape index (κ1) is 13.5. The first-order valence-electron chi connectivity index (χ1n) is 7.58.